The van der Waals surface area contributed by atoms with Crippen LogP contribution in [0.2, 0.25) is 0 Å². The van der Waals surface area contributed by atoms with Crippen LogP contribution in [-0.4, -0.2) is 30.7 Å². The number of ether oxygens (including phenoxy) is 1. The second-order valence-corrected chi connectivity index (χ2v) is 6.09. The molecule has 26 heavy (non-hydrogen) atoms. The monoisotopic (exact) mass is 352 g/mol. The van der Waals surface area contributed by atoms with E-state index < -0.39 is 0 Å². The molecule has 0 spiro atoms. The number of para-hydroxylation sites is 2. The van der Waals surface area contributed by atoms with Crippen molar-refractivity contribution in [2.24, 2.45) is 0 Å². The van der Waals surface area contributed by atoms with Crippen LogP contribution < -0.4 is 15.0 Å². The first-order valence-electron chi connectivity index (χ1n) is 8.47. The lowest BCUT2D eigenvalue weighted by Crippen LogP contribution is -2.26. The van der Waals surface area contributed by atoms with Gasteiger partial charge in [-0.2, -0.15) is 0 Å². The number of anilines is 2. The van der Waals surface area contributed by atoms with Gasteiger partial charge in [-0.05, 0) is 37.6 Å². The zero-order valence-corrected chi connectivity index (χ0v) is 14.5. The summed E-state index contributed by atoms with van der Waals surface area (Å²) in [5, 5.41) is 2.79. The molecule has 0 radical (unpaired) electrons. The van der Waals surface area contributed by atoms with E-state index in [1.54, 1.807) is 41.3 Å². The molecular formula is C20H20N2O4. The standard InChI is InChI=1S/C20H20N2O4/c1-14(23)15-6-4-7-16(12-15)26-13-19(24)21-17-8-2-3-9-18(17)22-11-5-10-20(22)25/h2-4,6-9,12H,5,10-11,13H2,1H3,(H,21,24). The molecule has 1 aliphatic rings. The number of nitrogens with zero attached hydrogens (tertiary/aromatic N) is 1. The molecule has 1 N–H and O–H groups in total. The Morgan fingerprint density at radius 1 is 1.15 bits per heavy atom. The van der Waals surface area contributed by atoms with Crippen molar-refractivity contribution in [1.29, 1.82) is 0 Å². The zero-order chi connectivity index (χ0) is 18.5. The van der Waals surface area contributed by atoms with Crippen LogP contribution in [0.4, 0.5) is 11.4 Å². The van der Waals surface area contributed by atoms with Crippen LogP contribution in [0.5, 0.6) is 5.75 Å². The number of benzene rings is 2. The molecule has 0 atom stereocenters. The van der Waals surface area contributed by atoms with Crippen molar-refractivity contribution in [3.05, 3.63) is 54.1 Å². The van der Waals surface area contributed by atoms with Gasteiger partial charge < -0.3 is 15.0 Å². The van der Waals surface area contributed by atoms with E-state index in [1.807, 2.05) is 12.1 Å². The third-order valence-corrected chi connectivity index (χ3v) is 4.15. The van der Waals surface area contributed by atoms with Gasteiger partial charge in [-0.1, -0.05) is 24.3 Å². The van der Waals surface area contributed by atoms with Gasteiger partial charge in [0.05, 0.1) is 11.4 Å². The van der Waals surface area contributed by atoms with Gasteiger partial charge in [0.1, 0.15) is 5.75 Å². The predicted molar refractivity (Wildman–Crippen MR) is 98.6 cm³/mol. The summed E-state index contributed by atoms with van der Waals surface area (Å²) in [7, 11) is 0. The molecule has 134 valence electrons. The number of carbonyl (C=O) groups excluding carboxylic acids is 3. The van der Waals surface area contributed by atoms with Gasteiger partial charge >= 0.3 is 0 Å². The summed E-state index contributed by atoms with van der Waals surface area (Å²) in [5.74, 6) is 0.112. The minimum Gasteiger partial charge on any atom is -0.484 e. The Morgan fingerprint density at radius 3 is 2.69 bits per heavy atom. The molecule has 2 amide bonds. The molecule has 0 saturated carbocycles. The quantitative estimate of drug-likeness (QED) is 0.811. The molecule has 2 aromatic carbocycles. The van der Waals surface area contributed by atoms with Crippen molar-refractivity contribution in [1.82, 2.24) is 0 Å². The third-order valence-electron chi connectivity index (χ3n) is 4.15. The first kappa shape index (κ1) is 17.7. The van der Waals surface area contributed by atoms with E-state index in [1.165, 1.54) is 6.92 Å². The molecule has 0 aliphatic carbocycles. The second-order valence-electron chi connectivity index (χ2n) is 6.09. The number of rotatable bonds is 6. The first-order valence-corrected chi connectivity index (χ1v) is 8.47. The van der Waals surface area contributed by atoms with Crippen molar-refractivity contribution < 1.29 is 19.1 Å². The molecule has 0 unspecified atom stereocenters. The van der Waals surface area contributed by atoms with E-state index in [4.69, 9.17) is 4.74 Å². The fraction of sp³-hybridized carbons (Fsp3) is 0.250. The summed E-state index contributed by atoms with van der Waals surface area (Å²) < 4.78 is 5.47. The van der Waals surface area contributed by atoms with E-state index >= 15 is 0 Å². The summed E-state index contributed by atoms with van der Waals surface area (Å²) in [6.07, 6.45) is 1.34. The number of ketones is 1. The molecule has 0 aromatic heterocycles. The third kappa shape index (κ3) is 4.08. The van der Waals surface area contributed by atoms with Crippen molar-refractivity contribution >= 4 is 29.0 Å². The number of hydrogen-bond acceptors (Lipinski definition) is 4. The average molecular weight is 352 g/mol. The SMILES string of the molecule is CC(=O)c1cccc(OCC(=O)Nc2ccccc2N2CCCC2=O)c1. The van der Waals surface area contributed by atoms with Crippen molar-refractivity contribution in [3.63, 3.8) is 0 Å². The van der Waals surface area contributed by atoms with Crippen LogP contribution in [0.15, 0.2) is 48.5 Å². The smallest absolute Gasteiger partial charge is 0.262 e. The number of Topliss-reactive ketones (excluding diaryl/α,β-unsaturated/α-hetero) is 1. The summed E-state index contributed by atoms with van der Waals surface area (Å²) in [4.78, 5) is 37.3. The van der Waals surface area contributed by atoms with Crippen LogP contribution in [0.1, 0.15) is 30.1 Å². The van der Waals surface area contributed by atoms with Crippen molar-refractivity contribution in [2.45, 2.75) is 19.8 Å². The lowest BCUT2D eigenvalue weighted by molar-refractivity contribution is -0.118. The number of nitrogens with one attached hydrogen (secondary N) is 1. The topological polar surface area (TPSA) is 75.7 Å². The Hall–Kier alpha value is -3.15. The van der Waals surface area contributed by atoms with E-state index in [-0.39, 0.29) is 24.2 Å². The van der Waals surface area contributed by atoms with Crippen molar-refractivity contribution in [3.8, 4) is 5.75 Å². The van der Waals surface area contributed by atoms with Crippen LogP contribution in [-0.2, 0) is 9.59 Å². The Labute approximate surface area is 151 Å². The lowest BCUT2D eigenvalue weighted by atomic mass is 10.1. The normalized spacial score (nSPS) is 13.6. The van der Waals surface area contributed by atoms with Crippen molar-refractivity contribution in [2.75, 3.05) is 23.4 Å². The van der Waals surface area contributed by atoms with Gasteiger partial charge in [0.25, 0.3) is 5.91 Å². The largest absolute Gasteiger partial charge is 0.484 e. The van der Waals surface area contributed by atoms with Crippen LogP contribution in [0, 0.1) is 0 Å². The maximum atomic E-state index is 12.2. The highest BCUT2D eigenvalue weighted by atomic mass is 16.5. The molecule has 1 aliphatic heterocycles. The maximum Gasteiger partial charge on any atom is 0.262 e. The lowest BCUT2D eigenvalue weighted by Gasteiger charge is -2.20. The van der Waals surface area contributed by atoms with E-state index in [0.29, 0.717) is 35.7 Å². The maximum absolute atomic E-state index is 12.2. The van der Waals surface area contributed by atoms with E-state index in [9.17, 15) is 14.4 Å². The minimum absolute atomic E-state index is 0.0593. The zero-order valence-electron chi connectivity index (χ0n) is 14.5. The fourth-order valence-electron chi connectivity index (χ4n) is 2.86. The number of carbonyl (C=O) groups is 3. The Kier molecular flexibility index (Phi) is 5.31. The van der Waals surface area contributed by atoms with E-state index in [0.717, 1.165) is 6.42 Å². The van der Waals surface area contributed by atoms with Crippen LogP contribution in [0.25, 0.3) is 0 Å². The molecule has 3 rings (SSSR count). The fourth-order valence-corrected chi connectivity index (χ4v) is 2.86. The molecule has 1 heterocycles. The number of hydrogen-bond donors (Lipinski definition) is 1. The molecule has 1 fully saturated rings. The molecule has 6 heteroatoms. The molecular weight excluding hydrogens is 332 g/mol. The Bertz CT molecular complexity index is 847. The Morgan fingerprint density at radius 2 is 1.96 bits per heavy atom. The predicted octanol–water partition coefficient (Wildman–Crippen LogP) is 3.03. The summed E-state index contributed by atoms with van der Waals surface area (Å²) in [6.45, 7) is 1.94. The average Bonchev–Trinajstić information content (AvgIpc) is 3.06. The summed E-state index contributed by atoms with van der Waals surface area (Å²) in [5.41, 5.74) is 1.80. The molecule has 1 saturated heterocycles. The van der Waals surface area contributed by atoms with Gasteiger partial charge in [-0.3, -0.25) is 14.4 Å². The molecule has 0 bridgehead atoms. The van der Waals surface area contributed by atoms with Gasteiger partial charge in [0.15, 0.2) is 12.4 Å². The van der Waals surface area contributed by atoms with Crippen LogP contribution in [0.3, 0.4) is 0 Å². The summed E-state index contributed by atoms with van der Waals surface area (Å²) in [6, 6.07) is 13.9. The molecule has 2 aromatic rings. The van der Waals surface area contributed by atoms with E-state index in [2.05, 4.69) is 5.32 Å². The van der Waals surface area contributed by atoms with Gasteiger partial charge in [-0.25, -0.2) is 0 Å². The Balaban J connectivity index is 1.65. The number of amides is 2. The minimum atomic E-state index is -0.336. The van der Waals surface area contributed by atoms with Crippen LogP contribution >= 0.6 is 0 Å². The highest BCUT2D eigenvalue weighted by molar-refractivity contribution is 6.02. The molecule has 6 nitrogen and oxygen atoms in total. The van der Waals surface area contributed by atoms with Gasteiger partial charge in [-0.15, -0.1) is 0 Å². The second kappa shape index (κ2) is 7.82. The summed E-state index contributed by atoms with van der Waals surface area (Å²) >= 11 is 0. The van der Waals surface area contributed by atoms with Gasteiger partial charge in [0, 0.05) is 18.5 Å². The first-order chi connectivity index (χ1) is 12.5. The van der Waals surface area contributed by atoms with Gasteiger partial charge in [0.2, 0.25) is 5.91 Å². The highest BCUT2D eigenvalue weighted by Gasteiger charge is 2.24. The highest BCUT2D eigenvalue weighted by Crippen LogP contribution is 2.29.